The summed E-state index contributed by atoms with van der Waals surface area (Å²) in [6, 6.07) is 0. The molecule has 0 bridgehead atoms. The normalized spacial score (nSPS) is 35.1. The highest BCUT2D eigenvalue weighted by atomic mass is 16.5. The van der Waals surface area contributed by atoms with E-state index in [0.717, 1.165) is 12.8 Å². The van der Waals surface area contributed by atoms with Crippen molar-refractivity contribution in [1.29, 1.82) is 0 Å². The molecule has 7 heteroatoms. The van der Waals surface area contributed by atoms with Crippen LogP contribution in [0.2, 0.25) is 0 Å². The van der Waals surface area contributed by atoms with Gasteiger partial charge < -0.3 is 31.1 Å². The monoisotopic (exact) mass is 276 g/mol. The minimum Gasteiger partial charge on any atom is -0.388 e. The van der Waals surface area contributed by atoms with Crippen molar-refractivity contribution < 1.29 is 24.9 Å². The second kappa shape index (κ2) is 7.76. The molecular weight excluding hydrogens is 252 g/mol. The van der Waals surface area contributed by atoms with E-state index in [1.54, 1.807) is 6.92 Å². The van der Waals surface area contributed by atoms with Crippen molar-refractivity contribution in [2.24, 2.45) is 5.73 Å². The second-order valence-corrected chi connectivity index (χ2v) is 4.90. The number of hydrogen-bond donors (Lipinski definition) is 5. The number of ether oxygens (including phenoxy) is 1. The van der Waals surface area contributed by atoms with Gasteiger partial charge in [-0.25, -0.2) is 0 Å². The lowest BCUT2D eigenvalue weighted by Crippen LogP contribution is -2.61. The molecule has 2 unspecified atom stereocenters. The highest BCUT2D eigenvalue weighted by molar-refractivity contribution is 5.76. The Morgan fingerprint density at radius 3 is 2.47 bits per heavy atom. The molecule has 1 aliphatic heterocycles. The van der Waals surface area contributed by atoms with E-state index in [4.69, 9.17) is 10.5 Å². The Labute approximate surface area is 112 Å². The summed E-state index contributed by atoms with van der Waals surface area (Å²) in [5.74, 6) is -0.253. The number of aliphatic hydroxyl groups excluding tert-OH is 3. The van der Waals surface area contributed by atoms with E-state index in [2.05, 4.69) is 5.32 Å². The SMILES string of the molecule is CC1O[C@H](NC(=O)CCCCCN)C(O)[C@@H](O)[C@@H]1O. The lowest BCUT2D eigenvalue weighted by Gasteiger charge is -2.39. The fraction of sp³-hybridized carbons (Fsp3) is 0.917. The average Bonchev–Trinajstić information content (AvgIpc) is 2.38. The van der Waals surface area contributed by atoms with E-state index in [-0.39, 0.29) is 5.91 Å². The van der Waals surface area contributed by atoms with Crippen LogP contribution < -0.4 is 11.1 Å². The number of hydrogen-bond acceptors (Lipinski definition) is 6. The zero-order valence-electron chi connectivity index (χ0n) is 11.2. The van der Waals surface area contributed by atoms with Gasteiger partial charge in [-0.15, -0.1) is 0 Å². The van der Waals surface area contributed by atoms with Crippen LogP contribution in [0.3, 0.4) is 0 Å². The van der Waals surface area contributed by atoms with E-state index >= 15 is 0 Å². The van der Waals surface area contributed by atoms with Gasteiger partial charge in [0.25, 0.3) is 0 Å². The van der Waals surface area contributed by atoms with Crippen molar-refractivity contribution in [1.82, 2.24) is 5.32 Å². The number of nitrogens with two attached hydrogens (primary N) is 1. The first-order valence-corrected chi connectivity index (χ1v) is 6.66. The predicted molar refractivity (Wildman–Crippen MR) is 68.0 cm³/mol. The zero-order valence-corrected chi connectivity index (χ0v) is 11.2. The van der Waals surface area contributed by atoms with Crippen molar-refractivity contribution in [2.75, 3.05) is 6.54 Å². The molecule has 1 amide bonds. The van der Waals surface area contributed by atoms with Crippen LogP contribution >= 0.6 is 0 Å². The molecule has 1 fully saturated rings. The van der Waals surface area contributed by atoms with Gasteiger partial charge in [-0.3, -0.25) is 4.79 Å². The summed E-state index contributed by atoms with van der Waals surface area (Å²) in [5, 5.41) is 31.3. The predicted octanol–water partition coefficient (Wildman–Crippen LogP) is -1.55. The highest BCUT2D eigenvalue weighted by Gasteiger charge is 2.42. The molecule has 0 saturated carbocycles. The van der Waals surface area contributed by atoms with Crippen molar-refractivity contribution in [3.05, 3.63) is 0 Å². The standard InChI is InChI=1S/C12H24N2O5/c1-7-9(16)10(17)11(18)12(19-7)14-8(15)5-3-2-4-6-13/h7,9-12,16-18H,2-6,13H2,1H3,(H,14,15)/t7?,9-,10+,11?,12+/m1/s1. The van der Waals surface area contributed by atoms with E-state index in [9.17, 15) is 20.1 Å². The van der Waals surface area contributed by atoms with Crippen molar-refractivity contribution in [3.63, 3.8) is 0 Å². The number of unbranched alkanes of at least 4 members (excludes halogenated alkanes) is 2. The van der Waals surface area contributed by atoms with E-state index in [1.165, 1.54) is 0 Å². The van der Waals surface area contributed by atoms with Crippen LogP contribution in [0.25, 0.3) is 0 Å². The average molecular weight is 276 g/mol. The lowest BCUT2D eigenvalue weighted by atomic mass is 9.99. The number of carbonyl (C=O) groups is 1. The number of nitrogens with one attached hydrogen (secondary N) is 1. The van der Waals surface area contributed by atoms with Crippen molar-refractivity contribution in [3.8, 4) is 0 Å². The Balaban J connectivity index is 2.36. The Morgan fingerprint density at radius 2 is 1.84 bits per heavy atom. The molecule has 5 atom stereocenters. The van der Waals surface area contributed by atoms with Gasteiger partial charge >= 0.3 is 0 Å². The molecule has 6 N–H and O–H groups in total. The molecule has 1 aliphatic rings. The smallest absolute Gasteiger partial charge is 0.222 e. The number of amides is 1. The topological polar surface area (TPSA) is 125 Å². The largest absolute Gasteiger partial charge is 0.388 e. The summed E-state index contributed by atoms with van der Waals surface area (Å²) in [4.78, 5) is 11.6. The summed E-state index contributed by atoms with van der Waals surface area (Å²) in [6.07, 6.45) is -2.69. The Morgan fingerprint density at radius 1 is 1.16 bits per heavy atom. The maximum Gasteiger partial charge on any atom is 0.222 e. The first kappa shape index (κ1) is 16.3. The van der Waals surface area contributed by atoms with E-state index < -0.39 is 30.6 Å². The summed E-state index contributed by atoms with van der Waals surface area (Å²) in [6.45, 7) is 2.17. The maximum atomic E-state index is 11.6. The van der Waals surface area contributed by atoms with Crippen molar-refractivity contribution >= 4 is 5.91 Å². The minimum absolute atomic E-state index is 0.253. The van der Waals surface area contributed by atoms with Gasteiger partial charge in [0.05, 0.1) is 6.10 Å². The van der Waals surface area contributed by atoms with Crippen LogP contribution in [0.15, 0.2) is 0 Å². The molecule has 0 aromatic carbocycles. The molecule has 0 spiro atoms. The van der Waals surface area contributed by atoms with Gasteiger partial charge in [0.2, 0.25) is 5.91 Å². The van der Waals surface area contributed by atoms with Crippen molar-refractivity contribution in [2.45, 2.75) is 63.3 Å². The summed E-state index contributed by atoms with van der Waals surface area (Å²) >= 11 is 0. The minimum atomic E-state index is -1.33. The van der Waals surface area contributed by atoms with E-state index in [0.29, 0.717) is 19.4 Å². The molecule has 7 nitrogen and oxygen atoms in total. The van der Waals surface area contributed by atoms with Gasteiger partial charge in [0, 0.05) is 6.42 Å². The molecule has 1 saturated heterocycles. The first-order chi connectivity index (χ1) is 8.97. The number of aliphatic hydroxyl groups is 3. The maximum absolute atomic E-state index is 11.6. The van der Waals surface area contributed by atoms with Gasteiger partial charge in [0.15, 0.2) is 6.23 Å². The number of rotatable bonds is 6. The third kappa shape index (κ3) is 4.70. The van der Waals surface area contributed by atoms with Crippen LogP contribution in [0.5, 0.6) is 0 Å². The molecule has 0 aliphatic carbocycles. The molecule has 19 heavy (non-hydrogen) atoms. The molecule has 0 aromatic heterocycles. The summed E-state index contributed by atoms with van der Waals surface area (Å²) < 4.78 is 5.27. The number of carbonyl (C=O) groups excluding carboxylic acids is 1. The van der Waals surface area contributed by atoms with Crippen LogP contribution in [-0.4, -0.2) is 58.4 Å². The van der Waals surface area contributed by atoms with Crippen LogP contribution in [0.1, 0.15) is 32.6 Å². The molecule has 1 rings (SSSR count). The van der Waals surface area contributed by atoms with Crippen LogP contribution in [0, 0.1) is 0 Å². The Kier molecular flexibility index (Phi) is 6.67. The third-order valence-corrected chi connectivity index (χ3v) is 3.26. The fourth-order valence-electron chi connectivity index (χ4n) is 2.01. The molecule has 0 aromatic rings. The van der Waals surface area contributed by atoms with Gasteiger partial charge in [0.1, 0.15) is 18.3 Å². The van der Waals surface area contributed by atoms with E-state index in [1.807, 2.05) is 0 Å². The zero-order chi connectivity index (χ0) is 14.4. The second-order valence-electron chi connectivity index (χ2n) is 4.90. The van der Waals surface area contributed by atoms with Gasteiger partial charge in [-0.1, -0.05) is 6.42 Å². The Bertz CT molecular complexity index is 289. The molecule has 0 radical (unpaired) electrons. The van der Waals surface area contributed by atoms with Crippen LogP contribution in [0.4, 0.5) is 0 Å². The quantitative estimate of drug-likeness (QED) is 0.374. The van der Waals surface area contributed by atoms with Gasteiger partial charge in [-0.05, 0) is 26.3 Å². The van der Waals surface area contributed by atoms with Gasteiger partial charge in [-0.2, -0.15) is 0 Å². The summed E-state index contributed by atoms with van der Waals surface area (Å²) in [5.41, 5.74) is 5.35. The molecule has 1 heterocycles. The first-order valence-electron chi connectivity index (χ1n) is 6.66. The molecular formula is C12H24N2O5. The van der Waals surface area contributed by atoms with Crippen LogP contribution in [-0.2, 0) is 9.53 Å². The highest BCUT2D eigenvalue weighted by Crippen LogP contribution is 2.19. The Hall–Kier alpha value is -0.730. The third-order valence-electron chi connectivity index (χ3n) is 3.26. The fourth-order valence-corrected chi connectivity index (χ4v) is 2.01. The molecule has 112 valence electrons. The lowest BCUT2D eigenvalue weighted by molar-refractivity contribution is -0.224. The summed E-state index contributed by atoms with van der Waals surface area (Å²) in [7, 11) is 0.